The second kappa shape index (κ2) is 10.0. The summed E-state index contributed by atoms with van der Waals surface area (Å²) in [4.78, 5) is 12.2. The van der Waals surface area contributed by atoms with E-state index in [-0.39, 0.29) is 5.91 Å². The number of hydrogen-bond acceptors (Lipinski definition) is 1. The third-order valence-corrected chi connectivity index (χ3v) is 4.33. The van der Waals surface area contributed by atoms with Crippen molar-refractivity contribution in [2.45, 2.75) is 58.3 Å². The fourth-order valence-electron chi connectivity index (χ4n) is 2.89. The zero-order valence-corrected chi connectivity index (χ0v) is 14.3. The number of rotatable bonds is 10. The minimum Gasteiger partial charge on any atom is -0.352 e. The molecule has 0 unspecified atom stereocenters. The second-order valence-electron chi connectivity index (χ2n) is 6.29. The molecule has 0 saturated carbocycles. The quantitative estimate of drug-likeness (QED) is 0.559. The van der Waals surface area contributed by atoms with Crippen molar-refractivity contribution in [2.24, 2.45) is 0 Å². The Morgan fingerprint density at radius 2 is 1.48 bits per heavy atom. The zero-order chi connectivity index (χ0) is 16.3. The van der Waals surface area contributed by atoms with Crippen molar-refractivity contribution >= 4 is 16.7 Å². The lowest BCUT2D eigenvalue weighted by atomic mass is 10.1. The van der Waals surface area contributed by atoms with Crippen molar-refractivity contribution < 1.29 is 4.79 Å². The van der Waals surface area contributed by atoms with E-state index in [1.54, 1.807) is 0 Å². The number of carbonyl (C=O) groups excluding carboxylic acids is 1. The smallest absolute Gasteiger partial charge is 0.251 e. The second-order valence-corrected chi connectivity index (χ2v) is 6.29. The largest absolute Gasteiger partial charge is 0.352 e. The summed E-state index contributed by atoms with van der Waals surface area (Å²) < 4.78 is 0. The fourth-order valence-corrected chi connectivity index (χ4v) is 2.89. The number of benzene rings is 2. The Hall–Kier alpha value is -1.83. The zero-order valence-electron chi connectivity index (χ0n) is 14.3. The molecule has 0 atom stereocenters. The van der Waals surface area contributed by atoms with Crippen LogP contribution < -0.4 is 5.32 Å². The van der Waals surface area contributed by atoms with Crippen LogP contribution in [0.5, 0.6) is 0 Å². The van der Waals surface area contributed by atoms with Gasteiger partial charge in [-0.3, -0.25) is 4.79 Å². The minimum absolute atomic E-state index is 0.0405. The predicted octanol–water partition coefficient (Wildman–Crippen LogP) is 5.71. The Balaban J connectivity index is 1.64. The molecule has 2 aromatic carbocycles. The van der Waals surface area contributed by atoms with Gasteiger partial charge in [0, 0.05) is 12.1 Å². The van der Waals surface area contributed by atoms with Crippen LogP contribution in [0, 0.1) is 0 Å². The molecule has 0 aliphatic carbocycles. The summed E-state index contributed by atoms with van der Waals surface area (Å²) >= 11 is 0. The van der Waals surface area contributed by atoms with Gasteiger partial charge in [-0.15, -0.1) is 0 Å². The van der Waals surface area contributed by atoms with E-state index in [1.807, 2.05) is 36.4 Å². The van der Waals surface area contributed by atoms with Crippen molar-refractivity contribution in [2.75, 3.05) is 6.54 Å². The minimum atomic E-state index is 0.0405. The molecule has 0 aromatic heterocycles. The molecule has 0 heterocycles. The molecular formula is C21H29NO. The normalized spacial score (nSPS) is 10.8. The molecule has 0 aliphatic rings. The molecule has 1 amide bonds. The Morgan fingerprint density at radius 1 is 0.826 bits per heavy atom. The summed E-state index contributed by atoms with van der Waals surface area (Å²) in [5.74, 6) is 0.0405. The molecule has 0 aliphatic heterocycles. The highest BCUT2D eigenvalue weighted by Crippen LogP contribution is 2.15. The molecule has 2 nitrogen and oxygen atoms in total. The van der Waals surface area contributed by atoms with Crippen molar-refractivity contribution in [1.82, 2.24) is 5.32 Å². The predicted molar refractivity (Wildman–Crippen MR) is 98.9 cm³/mol. The molecule has 124 valence electrons. The highest BCUT2D eigenvalue weighted by molar-refractivity contribution is 5.98. The van der Waals surface area contributed by atoms with E-state index >= 15 is 0 Å². The molecule has 2 aromatic rings. The molecule has 2 heteroatoms. The van der Waals surface area contributed by atoms with Crippen LogP contribution in [0.15, 0.2) is 42.5 Å². The number of amides is 1. The summed E-state index contributed by atoms with van der Waals surface area (Å²) in [5, 5.41) is 5.33. The van der Waals surface area contributed by atoms with Crippen molar-refractivity contribution in [3.05, 3.63) is 48.0 Å². The summed E-state index contributed by atoms with van der Waals surface area (Å²) in [6.07, 6.45) is 10.3. The van der Waals surface area contributed by atoms with E-state index in [1.165, 1.54) is 50.3 Å². The Kier molecular flexibility index (Phi) is 7.65. The molecule has 0 saturated heterocycles. The summed E-state index contributed by atoms with van der Waals surface area (Å²) in [6.45, 7) is 3.03. The maximum Gasteiger partial charge on any atom is 0.251 e. The highest BCUT2D eigenvalue weighted by atomic mass is 16.1. The molecule has 0 radical (unpaired) electrons. The topological polar surface area (TPSA) is 29.1 Å². The summed E-state index contributed by atoms with van der Waals surface area (Å²) in [6, 6.07) is 14.0. The number of nitrogens with one attached hydrogen (secondary N) is 1. The monoisotopic (exact) mass is 311 g/mol. The molecule has 0 fully saturated rings. The fraction of sp³-hybridized carbons (Fsp3) is 0.476. The van der Waals surface area contributed by atoms with Gasteiger partial charge in [0.1, 0.15) is 0 Å². The lowest BCUT2D eigenvalue weighted by Gasteiger charge is -2.06. The first-order valence-electron chi connectivity index (χ1n) is 9.08. The van der Waals surface area contributed by atoms with Gasteiger partial charge in [-0.2, -0.15) is 0 Å². The van der Waals surface area contributed by atoms with Gasteiger partial charge in [-0.25, -0.2) is 0 Å². The maximum absolute atomic E-state index is 12.2. The van der Waals surface area contributed by atoms with Crippen LogP contribution in [0.1, 0.15) is 68.6 Å². The maximum atomic E-state index is 12.2. The average molecular weight is 311 g/mol. The third-order valence-electron chi connectivity index (χ3n) is 4.33. The average Bonchev–Trinajstić information content (AvgIpc) is 2.59. The Morgan fingerprint density at radius 3 is 2.22 bits per heavy atom. The Bertz CT molecular complexity index is 606. The highest BCUT2D eigenvalue weighted by Gasteiger charge is 2.05. The first-order chi connectivity index (χ1) is 11.3. The lowest BCUT2D eigenvalue weighted by molar-refractivity contribution is 0.0953. The van der Waals surface area contributed by atoms with E-state index in [0.717, 1.165) is 23.9 Å². The van der Waals surface area contributed by atoms with E-state index in [4.69, 9.17) is 0 Å². The van der Waals surface area contributed by atoms with Crippen LogP contribution >= 0.6 is 0 Å². The van der Waals surface area contributed by atoms with Crippen LogP contribution in [0.2, 0.25) is 0 Å². The van der Waals surface area contributed by atoms with Crippen molar-refractivity contribution in [1.29, 1.82) is 0 Å². The van der Waals surface area contributed by atoms with Gasteiger partial charge in [-0.05, 0) is 29.3 Å². The molecule has 1 N–H and O–H groups in total. The molecular weight excluding hydrogens is 282 g/mol. The standard InChI is InChI=1S/C21H29NO/c1-2-3-4-5-6-7-8-11-16-22-21(23)20-15-14-18-12-9-10-13-19(18)17-20/h9-10,12-15,17H,2-8,11,16H2,1H3,(H,22,23). The van der Waals surface area contributed by atoms with Crippen molar-refractivity contribution in [3.63, 3.8) is 0 Å². The molecule has 0 spiro atoms. The van der Waals surface area contributed by atoms with Crippen LogP contribution in [-0.2, 0) is 0 Å². The van der Waals surface area contributed by atoms with Gasteiger partial charge in [0.25, 0.3) is 5.91 Å². The first kappa shape index (κ1) is 17.5. The lowest BCUT2D eigenvalue weighted by Crippen LogP contribution is -2.24. The van der Waals surface area contributed by atoms with Crippen molar-refractivity contribution in [3.8, 4) is 0 Å². The van der Waals surface area contributed by atoms with Gasteiger partial charge < -0.3 is 5.32 Å². The molecule has 2 rings (SSSR count). The first-order valence-corrected chi connectivity index (χ1v) is 9.08. The van der Waals surface area contributed by atoms with Crippen LogP contribution in [0.25, 0.3) is 10.8 Å². The van der Waals surface area contributed by atoms with Crippen LogP contribution in [0.3, 0.4) is 0 Å². The number of fused-ring (bicyclic) bond motifs is 1. The van der Waals surface area contributed by atoms with E-state index in [2.05, 4.69) is 18.3 Å². The number of hydrogen-bond donors (Lipinski definition) is 1. The van der Waals surface area contributed by atoms with Crippen LogP contribution in [-0.4, -0.2) is 12.5 Å². The molecule has 23 heavy (non-hydrogen) atoms. The van der Waals surface area contributed by atoms with Gasteiger partial charge in [0.2, 0.25) is 0 Å². The van der Waals surface area contributed by atoms with Crippen LogP contribution in [0.4, 0.5) is 0 Å². The third kappa shape index (κ3) is 6.05. The summed E-state index contributed by atoms with van der Waals surface area (Å²) in [7, 11) is 0. The number of unbranched alkanes of at least 4 members (excludes halogenated alkanes) is 7. The van der Waals surface area contributed by atoms with Gasteiger partial charge in [-0.1, -0.05) is 82.2 Å². The van der Waals surface area contributed by atoms with E-state index in [0.29, 0.717) is 0 Å². The summed E-state index contributed by atoms with van der Waals surface area (Å²) in [5.41, 5.74) is 0.753. The van der Waals surface area contributed by atoms with E-state index in [9.17, 15) is 4.79 Å². The Labute approximate surface area is 140 Å². The SMILES string of the molecule is CCCCCCCCCCNC(=O)c1ccc2ccccc2c1. The molecule has 0 bridgehead atoms. The van der Waals surface area contributed by atoms with Gasteiger partial charge in [0.05, 0.1) is 0 Å². The van der Waals surface area contributed by atoms with E-state index < -0.39 is 0 Å². The van der Waals surface area contributed by atoms with Gasteiger partial charge in [0.15, 0.2) is 0 Å². The number of carbonyl (C=O) groups is 1. The van der Waals surface area contributed by atoms with Gasteiger partial charge >= 0.3 is 0 Å².